The number of pyridine rings is 2. The van der Waals surface area contributed by atoms with E-state index in [-0.39, 0.29) is 41.0 Å². The van der Waals surface area contributed by atoms with Crippen LogP contribution in [0, 0.1) is 0 Å². The molecule has 0 aliphatic carbocycles. The normalized spacial score (nSPS) is 14.3. The van der Waals surface area contributed by atoms with Crippen molar-refractivity contribution in [2.24, 2.45) is 5.73 Å². The summed E-state index contributed by atoms with van der Waals surface area (Å²) in [7, 11) is 1.49. The van der Waals surface area contributed by atoms with Crippen molar-refractivity contribution in [2.75, 3.05) is 25.5 Å². The van der Waals surface area contributed by atoms with E-state index < -0.39 is 17.6 Å². The molecule has 1 atom stereocenters. The second-order valence-corrected chi connectivity index (χ2v) is 14.2. The molecular formula is C34H37Cl2N7O5S. The number of anilines is 1. The predicted molar refractivity (Wildman–Crippen MR) is 190 cm³/mol. The van der Waals surface area contributed by atoms with E-state index in [2.05, 4.69) is 20.6 Å². The molecule has 5 rings (SSSR count). The smallest absolute Gasteiger partial charge is 0.410 e. The fourth-order valence-electron chi connectivity index (χ4n) is 5.22. The van der Waals surface area contributed by atoms with Gasteiger partial charge in [-0.05, 0) is 64.4 Å². The highest BCUT2D eigenvalue weighted by Crippen LogP contribution is 2.40. The van der Waals surface area contributed by atoms with Crippen LogP contribution in [0.15, 0.2) is 48.8 Å². The Morgan fingerprint density at radius 3 is 2.61 bits per heavy atom. The van der Waals surface area contributed by atoms with Gasteiger partial charge in [0.15, 0.2) is 5.01 Å². The molecular weight excluding hydrogens is 689 g/mol. The van der Waals surface area contributed by atoms with Crippen molar-refractivity contribution in [3.05, 3.63) is 74.3 Å². The standard InChI is InChI=1S/C34H37Cl2N7O5S/c1-34(2,3)48-33(46)43(18-20-9-11-26(44)40-20)17-19-8-10-24(42-31(19)47-4)22-13-15-38-29(28(22)36)23-6-5-7-25(27(23)35)41-30(45)32-39-16-21(49-32)12-14-37/h5-8,10,13,15-16,20H,9,11-12,14,17-18,37H2,1-4H3,(H,40,44)(H,41,45)/t20-/m0/s1. The maximum Gasteiger partial charge on any atom is 0.410 e. The first-order chi connectivity index (χ1) is 23.4. The number of hydrogen-bond donors (Lipinski definition) is 3. The Hall–Kier alpha value is -4.30. The summed E-state index contributed by atoms with van der Waals surface area (Å²) in [5.41, 5.74) is 7.88. The van der Waals surface area contributed by atoms with Gasteiger partial charge in [-0.1, -0.05) is 35.3 Å². The second kappa shape index (κ2) is 15.5. The number of nitrogens with two attached hydrogens (primary N) is 1. The first-order valence-electron chi connectivity index (χ1n) is 15.6. The number of rotatable bonds is 11. The molecule has 4 heterocycles. The van der Waals surface area contributed by atoms with Crippen molar-refractivity contribution < 1.29 is 23.9 Å². The van der Waals surface area contributed by atoms with Crippen molar-refractivity contribution in [1.29, 1.82) is 0 Å². The molecule has 12 nitrogen and oxygen atoms in total. The molecule has 4 aromatic rings. The van der Waals surface area contributed by atoms with E-state index in [0.717, 1.165) is 4.88 Å². The van der Waals surface area contributed by atoms with E-state index >= 15 is 0 Å². The molecule has 258 valence electrons. The molecule has 1 saturated heterocycles. The number of carbonyl (C=O) groups excluding carboxylic acids is 3. The number of thiazole rings is 1. The van der Waals surface area contributed by atoms with Crippen molar-refractivity contribution in [3.8, 4) is 28.4 Å². The molecule has 1 fully saturated rings. The van der Waals surface area contributed by atoms with E-state index in [1.165, 1.54) is 18.4 Å². The Morgan fingerprint density at radius 2 is 1.92 bits per heavy atom. The highest BCUT2D eigenvalue weighted by atomic mass is 35.5. The van der Waals surface area contributed by atoms with Gasteiger partial charge < -0.3 is 30.7 Å². The molecule has 15 heteroatoms. The van der Waals surface area contributed by atoms with Crippen molar-refractivity contribution in [2.45, 2.75) is 58.2 Å². The van der Waals surface area contributed by atoms with Crippen LogP contribution in [-0.2, 0) is 22.5 Å². The average molecular weight is 727 g/mol. The molecule has 0 saturated carbocycles. The van der Waals surface area contributed by atoms with Crippen molar-refractivity contribution in [3.63, 3.8) is 0 Å². The molecule has 49 heavy (non-hydrogen) atoms. The van der Waals surface area contributed by atoms with E-state index in [1.54, 1.807) is 68.4 Å². The number of benzene rings is 1. The van der Waals surface area contributed by atoms with Crippen LogP contribution in [0.2, 0.25) is 10.0 Å². The summed E-state index contributed by atoms with van der Waals surface area (Å²) in [6, 6.07) is 10.3. The lowest BCUT2D eigenvalue weighted by Gasteiger charge is -2.29. The van der Waals surface area contributed by atoms with Gasteiger partial charge in [0.1, 0.15) is 5.60 Å². The largest absolute Gasteiger partial charge is 0.481 e. The lowest BCUT2D eigenvalue weighted by molar-refractivity contribution is -0.119. The summed E-state index contributed by atoms with van der Waals surface area (Å²) in [6.45, 7) is 6.26. The van der Waals surface area contributed by atoms with Gasteiger partial charge in [-0.25, -0.2) is 14.8 Å². The lowest BCUT2D eigenvalue weighted by Crippen LogP contribution is -2.43. The Labute approximate surface area is 298 Å². The topological polar surface area (TPSA) is 162 Å². The Bertz CT molecular complexity index is 1860. The highest BCUT2D eigenvalue weighted by Gasteiger charge is 2.29. The minimum absolute atomic E-state index is 0.0445. The van der Waals surface area contributed by atoms with Crippen LogP contribution >= 0.6 is 34.5 Å². The number of ether oxygens (including phenoxy) is 2. The van der Waals surface area contributed by atoms with Gasteiger partial charge in [0.05, 0.1) is 40.8 Å². The van der Waals surface area contributed by atoms with E-state index in [4.69, 9.17) is 43.4 Å². The molecule has 3 amide bonds. The molecule has 4 N–H and O–H groups in total. The summed E-state index contributed by atoms with van der Waals surface area (Å²) in [5, 5.41) is 6.57. The van der Waals surface area contributed by atoms with Gasteiger partial charge >= 0.3 is 6.09 Å². The first kappa shape index (κ1) is 36.0. The Balaban J connectivity index is 1.40. The summed E-state index contributed by atoms with van der Waals surface area (Å²) < 4.78 is 11.3. The zero-order valence-corrected chi connectivity index (χ0v) is 29.8. The van der Waals surface area contributed by atoms with Crippen molar-refractivity contribution >= 4 is 58.1 Å². The number of halogens is 2. The van der Waals surface area contributed by atoms with Crippen LogP contribution < -0.4 is 21.1 Å². The Kier molecular flexibility index (Phi) is 11.4. The quantitative estimate of drug-likeness (QED) is 0.160. The van der Waals surface area contributed by atoms with Gasteiger partial charge in [-0.3, -0.25) is 14.6 Å². The lowest BCUT2D eigenvalue weighted by atomic mass is 10.1. The molecule has 1 aliphatic rings. The maximum absolute atomic E-state index is 13.2. The average Bonchev–Trinajstić information content (AvgIpc) is 3.70. The van der Waals surface area contributed by atoms with Crippen molar-refractivity contribution in [1.82, 2.24) is 25.2 Å². The third-order valence-corrected chi connectivity index (χ3v) is 9.32. The van der Waals surface area contributed by atoms with Gasteiger partial charge in [0.2, 0.25) is 11.8 Å². The van der Waals surface area contributed by atoms with Crippen LogP contribution in [0.5, 0.6) is 5.88 Å². The minimum Gasteiger partial charge on any atom is -0.481 e. The van der Waals surface area contributed by atoms with E-state index in [1.807, 2.05) is 6.07 Å². The predicted octanol–water partition coefficient (Wildman–Crippen LogP) is 6.35. The minimum atomic E-state index is -0.708. The fourth-order valence-corrected chi connectivity index (χ4v) is 6.62. The number of carbonyl (C=O) groups is 3. The van der Waals surface area contributed by atoms with Gasteiger partial charge in [-0.2, -0.15) is 0 Å². The SMILES string of the molecule is COc1nc(-c2ccnc(-c3cccc(NC(=O)c4ncc(CCN)s4)c3Cl)c2Cl)ccc1CN(C[C@@H]1CCC(=O)N1)C(=O)OC(C)(C)C. The number of amides is 3. The summed E-state index contributed by atoms with van der Waals surface area (Å²) >= 11 is 15.0. The van der Waals surface area contributed by atoms with Crippen LogP contribution in [0.4, 0.5) is 10.5 Å². The molecule has 1 aliphatic heterocycles. The maximum atomic E-state index is 13.2. The fraction of sp³-hybridized carbons (Fsp3) is 0.353. The molecule has 0 unspecified atom stereocenters. The second-order valence-electron chi connectivity index (χ2n) is 12.3. The molecule has 0 bridgehead atoms. The first-order valence-corrected chi connectivity index (χ1v) is 17.1. The summed E-state index contributed by atoms with van der Waals surface area (Å²) in [6.07, 6.45) is 4.39. The molecule has 3 aromatic heterocycles. The van der Waals surface area contributed by atoms with E-state index in [9.17, 15) is 14.4 Å². The number of methoxy groups -OCH3 is 1. The molecule has 0 spiro atoms. The van der Waals surface area contributed by atoms with Gasteiger partial charge in [0.25, 0.3) is 5.91 Å². The number of aromatic nitrogens is 3. The monoisotopic (exact) mass is 725 g/mol. The summed E-state index contributed by atoms with van der Waals surface area (Å²) in [4.78, 5) is 53.9. The van der Waals surface area contributed by atoms with Crippen LogP contribution in [0.1, 0.15) is 53.9 Å². The summed E-state index contributed by atoms with van der Waals surface area (Å²) in [5.74, 6) is -0.151. The highest BCUT2D eigenvalue weighted by molar-refractivity contribution is 7.13. The van der Waals surface area contributed by atoms with Crippen LogP contribution in [-0.4, -0.2) is 69.6 Å². The van der Waals surface area contributed by atoms with Gasteiger partial charge in [0, 0.05) is 53.0 Å². The molecule has 1 aromatic carbocycles. The van der Waals surface area contributed by atoms with Crippen LogP contribution in [0.25, 0.3) is 22.5 Å². The van der Waals surface area contributed by atoms with Gasteiger partial charge in [-0.15, -0.1) is 11.3 Å². The molecule has 0 radical (unpaired) electrons. The van der Waals surface area contributed by atoms with E-state index in [0.29, 0.717) is 64.6 Å². The third-order valence-electron chi connectivity index (χ3n) is 7.48. The Morgan fingerprint density at radius 1 is 1.12 bits per heavy atom. The zero-order chi connectivity index (χ0) is 35.3. The number of nitrogens with one attached hydrogen (secondary N) is 2. The number of hydrogen-bond acceptors (Lipinski definition) is 10. The zero-order valence-electron chi connectivity index (χ0n) is 27.5. The number of nitrogens with zero attached hydrogens (tertiary/aromatic N) is 4. The van der Waals surface area contributed by atoms with Crippen LogP contribution in [0.3, 0.4) is 0 Å². The third kappa shape index (κ3) is 8.84.